The Hall–Kier alpha value is -2.55. The molecule has 2 aromatic rings. The quantitative estimate of drug-likeness (QED) is 0.613. The molecule has 0 radical (unpaired) electrons. The minimum absolute atomic E-state index is 0.916. The molecule has 0 fully saturated rings. The Morgan fingerprint density at radius 2 is 1.86 bits per heavy atom. The Labute approximate surface area is 132 Å². The van der Waals surface area contributed by atoms with Crippen molar-refractivity contribution < 1.29 is 0 Å². The lowest BCUT2D eigenvalue weighted by Crippen LogP contribution is -1.92. The van der Waals surface area contributed by atoms with Crippen LogP contribution in [0.1, 0.15) is 29.2 Å². The summed E-state index contributed by atoms with van der Waals surface area (Å²) in [5.74, 6) is 0. The van der Waals surface area contributed by atoms with Crippen LogP contribution in [0.25, 0.3) is 11.1 Å². The van der Waals surface area contributed by atoms with Crippen molar-refractivity contribution in [1.29, 1.82) is 0 Å². The predicted molar refractivity (Wildman–Crippen MR) is 94.0 cm³/mol. The summed E-state index contributed by atoms with van der Waals surface area (Å²) in [6.07, 6.45) is 12.2. The molecule has 2 aromatic heterocycles. The summed E-state index contributed by atoms with van der Waals surface area (Å²) in [4.78, 5) is 12.7. The van der Waals surface area contributed by atoms with Crippen LogP contribution in [0.3, 0.4) is 0 Å². The fourth-order valence-electron chi connectivity index (χ4n) is 2.17. The molecule has 0 aromatic carbocycles. The summed E-state index contributed by atoms with van der Waals surface area (Å²) in [6.45, 7) is 8.32. The second-order valence-corrected chi connectivity index (χ2v) is 5.20. The van der Waals surface area contributed by atoms with Gasteiger partial charge in [-0.25, -0.2) is 0 Å². The third-order valence-electron chi connectivity index (χ3n) is 3.38. The first-order chi connectivity index (χ1) is 10.6. The predicted octanol–water partition coefficient (Wildman–Crippen LogP) is 4.14. The topological polar surface area (TPSA) is 38.1 Å². The van der Waals surface area contributed by atoms with Crippen LogP contribution in [-0.2, 0) is 6.42 Å². The number of aryl methyl sites for hydroxylation is 2. The lowest BCUT2D eigenvalue weighted by atomic mass is 10.0. The molecule has 0 bridgehead atoms. The number of aromatic nitrogens is 2. The molecule has 112 valence electrons. The average molecular weight is 291 g/mol. The summed E-state index contributed by atoms with van der Waals surface area (Å²) >= 11 is 0. The van der Waals surface area contributed by atoms with E-state index in [-0.39, 0.29) is 0 Å². The summed E-state index contributed by atoms with van der Waals surface area (Å²) in [5.41, 5.74) is 6.29. The van der Waals surface area contributed by atoms with Gasteiger partial charge in [-0.1, -0.05) is 13.5 Å². The van der Waals surface area contributed by atoms with Gasteiger partial charge >= 0.3 is 0 Å². The van der Waals surface area contributed by atoms with Gasteiger partial charge in [0.15, 0.2) is 0 Å². The van der Waals surface area contributed by atoms with E-state index < -0.39 is 0 Å². The molecule has 0 aliphatic carbocycles. The van der Waals surface area contributed by atoms with Crippen LogP contribution in [0.4, 0.5) is 0 Å². The van der Waals surface area contributed by atoms with Crippen LogP contribution in [0.2, 0.25) is 0 Å². The van der Waals surface area contributed by atoms with Crippen LogP contribution in [0.15, 0.2) is 54.6 Å². The maximum absolute atomic E-state index is 4.28. The zero-order valence-electron chi connectivity index (χ0n) is 13.4. The van der Waals surface area contributed by atoms with E-state index in [1.54, 1.807) is 7.05 Å². The molecule has 0 amide bonds. The third kappa shape index (κ3) is 3.98. The van der Waals surface area contributed by atoms with E-state index in [1.165, 1.54) is 5.56 Å². The highest BCUT2D eigenvalue weighted by atomic mass is 14.6. The molecular weight excluding hydrogens is 270 g/mol. The van der Waals surface area contributed by atoms with Crippen LogP contribution >= 0.6 is 0 Å². The zero-order valence-corrected chi connectivity index (χ0v) is 13.4. The molecule has 3 heteroatoms. The van der Waals surface area contributed by atoms with Gasteiger partial charge in [-0.2, -0.15) is 0 Å². The highest BCUT2D eigenvalue weighted by molar-refractivity contribution is 6.12. The summed E-state index contributed by atoms with van der Waals surface area (Å²) in [5, 5.41) is 0. The minimum atomic E-state index is 0.916. The third-order valence-corrected chi connectivity index (χ3v) is 3.38. The largest absolute Gasteiger partial charge is 0.296 e. The molecule has 0 spiro atoms. The van der Waals surface area contributed by atoms with Crippen LogP contribution in [0, 0.1) is 6.92 Å². The normalized spacial score (nSPS) is 11.9. The molecule has 0 unspecified atom stereocenters. The SMILES string of the molecule is C=C(/C=C(\C=NC)c1cncc(C)c1)c1cncc(CC)c1. The highest BCUT2D eigenvalue weighted by Crippen LogP contribution is 2.21. The van der Waals surface area contributed by atoms with Crippen molar-refractivity contribution in [1.82, 2.24) is 9.97 Å². The van der Waals surface area contributed by atoms with Crippen LogP contribution < -0.4 is 0 Å². The Balaban J connectivity index is 2.39. The summed E-state index contributed by atoms with van der Waals surface area (Å²) in [6, 6.07) is 4.22. The van der Waals surface area contributed by atoms with E-state index in [0.29, 0.717) is 0 Å². The summed E-state index contributed by atoms with van der Waals surface area (Å²) in [7, 11) is 1.76. The van der Waals surface area contributed by atoms with Crippen molar-refractivity contribution in [3.05, 3.63) is 71.8 Å². The van der Waals surface area contributed by atoms with Crippen molar-refractivity contribution in [2.75, 3.05) is 7.05 Å². The molecule has 2 rings (SSSR count). The molecule has 0 atom stereocenters. The number of allylic oxidation sites excluding steroid dienone is 3. The van der Waals surface area contributed by atoms with E-state index in [2.05, 4.69) is 40.6 Å². The lowest BCUT2D eigenvalue weighted by Gasteiger charge is -2.07. The number of pyridine rings is 2. The number of rotatable bonds is 5. The Morgan fingerprint density at radius 1 is 1.14 bits per heavy atom. The van der Waals surface area contributed by atoms with Crippen LogP contribution in [0.5, 0.6) is 0 Å². The van der Waals surface area contributed by atoms with E-state index in [9.17, 15) is 0 Å². The van der Waals surface area contributed by atoms with Gasteiger partial charge in [0.05, 0.1) is 0 Å². The second-order valence-electron chi connectivity index (χ2n) is 5.20. The molecule has 3 nitrogen and oxygen atoms in total. The lowest BCUT2D eigenvalue weighted by molar-refractivity contribution is 1.10. The first-order valence-electron chi connectivity index (χ1n) is 7.33. The van der Waals surface area contributed by atoms with Crippen molar-refractivity contribution in [3.8, 4) is 0 Å². The summed E-state index contributed by atoms with van der Waals surface area (Å²) < 4.78 is 0. The molecule has 0 aliphatic heterocycles. The smallest absolute Gasteiger partial charge is 0.0347 e. The zero-order chi connectivity index (χ0) is 15.9. The van der Waals surface area contributed by atoms with Gasteiger partial charge in [0, 0.05) is 49.2 Å². The van der Waals surface area contributed by atoms with E-state index >= 15 is 0 Å². The van der Waals surface area contributed by atoms with Gasteiger partial charge in [-0.15, -0.1) is 0 Å². The van der Waals surface area contributed by atoms with Gasteiger partial charge < -0.3 is 0 Å². The molecule has 0 saturated carbocycles. The number of nitrogens with zero attached hydrogens (tertiary/aromatic N) is 3. The molecule has 0 aliphatic rings. The first-order valence-corrected chi connectivity index (χ1v) is 7.33. The maximum Gasteiger partial charge on any atom is 0.0347 e. The fourth-order valence-corrected chi connectivity index (χ4v) is 2.17. The van der Waals surface area contributed by atoms with E-state index in [0.717, 1.165) is 34.3 Å². The van der Waals surface area contributed by atoms with Crippen molar-refractivity contribution in [3.63, 3.8) is 0 Å². The molecule has 0 N–H and O–H groups in total. The molecule has 2 heterocycles. The Bertz CT molecular complexity index is 727. The van der Waals surface area contributed by atoms with Gasteiger partial charge in [-0.3, -0.25) is 15.0 Å². The maximum atomic E-state index is 4.28. The van der Waals surface area contributed by atoms with Gasteiger partial charge in [0.2, 0.25) is 0 Å². The van der Waals surface area contributed by atoms with E-state index in [1.807, 2.05) is 44.0 Å². The number of aliphatic imine (C=N–C) groups is 1. The Morgan fingerprint density at radius 3 is 2.55 bits per heavy atom. The minimum Gasteiger partial charge on any atom is -0.296 e. The fraction of sp³-hybridized carbons (Fsp3) is 0.211. The van der Waals surface area contributed by atoms with Gasteiger partial charge in [0.25, 0.3) is 0 Å². The molecule has 22 heavy (non-hydrogen) atoms. The monoisotopic (exact) mass is 291 g/mol. The van der Waals surface area contributed by atoms with Crippen molar-refractivity contribution in [2.45, 2.75) is 20.3 Å². The average Bonchev–Trinajstić information content (AvgIpc) is 2.54. The Kier molecular flexibility index (Phi) is 5.37. The molecular formula is C19H21N3. The number of hydrogen-bond donors (Lipinski definition) is 0. The number of hydrogen-bond acceptors (Lipinski definition) is 3. The van der Waals surface area contributed by atoms with E-state index in [4.69, 9.17) is 0 Å². The van der Waals surface area contributed by atoms with Crippen molar-refractivity contribution >= 4 is 17.4 Å². The highest BCUT2D eigenvalue weighted by Gasteiger charge is 2.04. The standard InChI is InChI=1S/C19H21N3/c1-5-16-8-17(12-22-10-16)15(3)7-19(11-20-4)18-6-14(2)9-21-13-18/h6-13H,3,5H2,1-2,4H3/b19-7+,20-11?. The second kappa shape index (κ2) is 7.46. The van der Waals surface area contributed by atoms with Gasteiger partial charge in [0.1, 0.15) is 0 Å². The first kappa shape index (κ1) is 15.8. The van der Waals surface area contributed by atoms with Gasteiger partial charge in [-0.05, 0) is 53.8 Å². The van der Waals surface area contributed by atoms with Crippen molar-refractivity contribution in [2.24, 2.45) is 4.99 Å². The van der Waals surface area contributed by atoms with Crippen LogP contribution in [-0.4, -0.2) is 23.2 Å². The molecule has 0 saturated heterocycles.